The van der Waals surface area contributed by atoms with Crippen LogP contribution in [0.25, 0.3) is 0 Å². The molecule has 4 N–H and O–H groups in total. The van der Waals surface area contributed by atoms with Gasteiger partial charge in [-0.2, -0.15) is 5.10 Å². The van der Waals surface area contributed by atoms with Gasteiger partial charge in [-0.05, 0) is 0 Å². The van der Waals surface area contributed by atoms with E-state index in [1.165, 1.54) is 18.1 Å². The molecule has 0 radical (unpaired) electrons. The summed E-state index contributed by atoms with van der Waals surface area (Å²) in [6.07, 6.45) is 3.01. The van der Waals surface area contributed by atoms with Crippen LogP contribution in [0.3, 0.4) is 0 Å². The Labute approximate surface area is 125 Å². The summed E-state index contributed by atoms with van der Waals surface area (Å²) >= 11 is 0. The van der Waals surface area contributed by atoms with Gasteiger partial charge in [-0.25, -0.2) is 9.97 Å². The molecule has 0 saturated heterocycles. The van der Waals surface area contributed by atoms with Gasteiger partial charge in [-0.15, -0.1) is 0 Å². The summed E-state index contributed by atoms with van der Waals surface area (Å²) < 4.78 is 1.51. The minimum atomic E-state index is -0.326. The summed E-state index contributed by atoms with van der Waals surface area (Å²) in [5.74, 6) is 0.377. The highest BCUT2D eigenvalue weighted by atomic mass is 16.2. The van der Waals surface area contributed by atoms with Gasteiger partial charge in [0.1, 0.15) is 12.0 Å². The molecule has 1 aliphatic heterocycles. The second kappa shape index (κ2) is 5.31. The quantitative estimate of drug-likeness (QED) is 0.612. The maximum atomic E-state index is 11.8. The van der Waals surface area contributed by atoms with Crippen LogP contribution in [0.15, 0.2) is 12.5 Å². The van der Waals surface area contributed by atoms with E-state index < -0.39 is 0 Å². The molecule has 0 atom stereocenters. The summed E-state index contributed by atoms with van der Waals surface area (Å²) in [5, 5.41) is 15.2. The second-order valence-electron chi connectivity index (χ2n) is 4.62. The third kappa shape index (κ3) is 2.41. The Balaban J connectivity index is 1.98. The van der Waals surface area contributed by atoms with Gasteiger partial charge in [0, 0.05) is 20.3 Å². The Kier molecular flexibility index (Phi) is 3.33. The molecule has 2 aromatic rings. The van der Waals surface area contributed by atoms with Crippen molar-refractivity contribution in [1.82, 2.24) is 25.1 Å². The Bertz CT molecular complexity index is 754. The first-order chi connectivity index (χ1) is 10.6. The minimum absolute atomic E-state index is 0.153. The summed E-state index contributed by atoms with van der Waals surface area (Å²) in [6.45, 7) is 0.153. The van der Waals surface area contributed by atoms with Crippen molar-refractivity contribution < 1.29 is 9.59 Å². The lowest BCUT2D eigenvalue weighted by atomic mass is 10.3. The predicted molar refractivity (Wildman–Crippen MR) is 79.0 cm³/mol. The number of nitrogens with zero attached hydrogens (tertiary/aromatic N) is 4. The van der Waals surface area contributed by atoms with Crippen LogP contribution >= 0.6 is 0 Å². The van der Waals surface area contributed by atoms with Crippen molar-refractivity contribution in [3.05, 3.63) is 18.2 Å². The monoisotopic (exact) mass is 302 g/mol. The van der Waals surface area contributed by atoms with Gasteiger partial charge in [0.25, 0.3) is 5.91 Å². The van der Waals surface area contributed by atoms with E-state index in [9.17, 15) is 9.59 Å². The number of amides is 2. The van der Waals surface area contributed by atoms with Crippen LogP contribution in [0.2, 0.25) is 0 Å². The van der Waals surface area contributed by atoms with Crippen molar-refractivity contribution >= 4 is 34.8 Å². The summed E-state index contributed by atoms with van der Waals surface area (Å²) in [5.41, 5.74) is 1.14. The van der Waals surface area contributed by atoms with E-state index in [0.29, 0.717) is 23.0 Å². The molecule has 2 aromatic heterocycles. The van der Waals surface area contributed by atoms with Crippen LogP contribution in [0, 0.1) is 0 Å². The van der Waals surface area contributed by atoms with Crippen LogP contribution in [0.4, 0.5) is 23.0 Å². The lowest BCUT2D eigenvalue weighted by molar-refractivity contribution is -0.114. The molecular weight excluding hydrogens is 288 g/mol. The molecule has 3 rings (SSSR count). The molecule has 0 aliphatic carbocycles. The minimum Gasteiger partial charge on any atom is -0.359 e. The number of hydrogen-bond donors (Lipinski definition) is 4. The fourth-order valence-corrected chi connectivity index (χ4v) is 2.07. The zero-order valence-corrected chi connectivity index (χ0v) is 12.0. The van der Waals surface area contributed by atoms with Gasteiger partial charge >= 0.3 is 0 Å². The van der Waals surface area contributed by atoms with Gasteiger partial charge < -0.3 is 21.3 Å². The molecule has 0 fully saturated rings. The third-order valence-corrected chi connectivity index (χ3v) is 3.05. The molecule has 10 nitrogen and oxygen atoms in total. The molecule has 3 heterocycles. The van der Waals surface area contributed by atoms with Crippen molar-refractivity contribution in [2.45, 2.75) is 0 Å². The first kappa shape index (κ1) is 13.8. The van der Waals surface area contributed by atoms with Crippen LogP contribution in [-0.4, -0.2) is 45.2 Å². The molecule has 10 heteroatoms. The van der Waals surface area contributed by atoms with Crippen molar-refractivity contribution in [2.75, 3.05) is 29.5 Å². The lowest BCUT2D eigenvalue weighted by Crippen LogP contribution is -2.29. The maximum absolute atomic E-state index is 11.8. The van der Waals surface area contributed by atoms with E-state index >= 15 is 0 Å². The van der Waals surface area contributed by atoms with Crippen molar-refractivity contribution in [2.24, 2.45) is 7.05 Å². The molecule has 0 spiro atoms. The molecule has 114 valence electrons. The summed E-state index contributed by atoms with van der Waals surface area (Å²) in [6, 6.07) is 0. The van der Waals surface area contributed by atoms with Gasteiger partial charge in [0.2, 0.25) is 5.91 Å². The number of aryl methyl sites for hydroxylation is 1. The first-order valence-corrected chi connectivity index (χ1v) is 6.50. The molecule has 0 unspecified atom stereocenters. The Morgan fingerprint density at radius 2 is 2.23 bits per heavy atom. The predicted octanol–water partition coefficient (Wildman–Crippen LogP) is -0.323. The second-order valence-corrected chi connectivity index (χ2v) is 4.62. The van der Waals surface area contributed by atoms with Gasteiger partial charge in [0.05, 0.1) is 12.2 Å². The van der Waals surface area contributed by atoms with Crippen LogP contribution in [-0.2, 0) is 11.8 Å². The number of rotatable bonds is 3. The van der Waals surface area contributed by atoms with Crippen molar-refractivity contribution in [1.29, 1.82) is 0 Å². The highest BCUT2D eigenvalue weighted by Crippen LogP contribution is 2.31. The Morgan fingerprint density at radius 1 is 1.41 bits per heavy atom. The van der Waals surface area contributed by atoms with Crippen LogP contribution < -0.4 is 21.3 Å². The fraction of sp³-hybridized carbons (Fsp3) is 0.250. The largest absolute Gasteiger partial charge is 0.359 e. The molecule has 2 amide bonds. The van der Waals surface area contributed by atoms with E-state index in [1.807, 2.05) is 0 Å². The number of fused-ring (bicyclic) bond motifs is 1. The van der Waals surface area contributed by atoms with Gasteiger partial charge in [0.15, 0.2) is 17.3 Å². The van der Waals surface area contributed by atoms with E-state index in [0.717, 1.165) is 0 Å². The fourth-order valence-electron chi connectivity index (χ4n) is 2.07. The molecule has 0 saturated carbocycles. The van der Waals surface area contributed by atoms with Crippen LogP contribution in [0.1, 0.15) is 10.5 Å². The lowest BCUT2D eigenvalue weighted by Gasteiger charge is -2.19. The zero-order valence-electron chi connectivity index (χ0n) is 12.0. The number of hydrogen-bond acceptors (Lipinski definition) is 7. The number of carbonyl (C=O) groups is 2. The van der Waals surface area contributed by atoms with E-state index in [-0.39, 0.29) is 24.1 Å². The van der Waals surface area contributed by atoms with E-state index in [1.54, 1.807) is 13.2 Å². The first-order valence-electron chi connectivity index (χ1n) is 6.50. The maximum Gasteiger partial charge on any atom is 0.273 e. The van der Waals surface area contributed by atoms with Crippen molar-refractivity contribution in [3.63, 3.8) is 0 Å². The molecule has 0 bridgehead atoms. The normalized spacial score (nSPS) is 12.9. The topological polar surface area (TPSA) is 126 Å². The zero-order chi connectivity index (χ0) is 15.7. The number of anilines is 4. The average Bonchev–Trinajstić information content (AvgIpc) is 2.88. The molecule has 1 aliphatic rings. The Hall–Kier alpha value is -3.17. The SMILES string of the molecule is CNC(=O)c1nn(C)cc1Nc1ncnc2c1NC(=O)CN2. The van der Waals surface area contributed by atoms with E-state index in [2.05, 4.69) is 36.3 Å². The molecule has 0 aromatic carbocycles. The van der Waals surface area contributed by atoms with E-state index in [4.69, 9.17) is 0 Å². The standard InChI is InChI=1S/C12H14N8O2/c1-13-12(22)8-6(4-20(2)19-8)17-11-9-10(15-5-16-11)14-3-7(21)18-9/h4-5H,3H2,1-2H3,(H,13,22)(H,18,21)(H2,14,15,16,17). The molecular formula is C12H14N8O2. The Morgan fingerprint density at radius 3 is 3.00 bits per heavy atom. The summed E-state index contributed by atoms with van der Waals surface area (Å²) in [4.78, 5) is 31.5. The smallest absolute Gasteiger partial charge is 0.273 e. The van der Waals surface area contributed by atoms with Crippen molar-refractivity contribution in [3.8, 4) is 0 Å². The van der Waals surface area contributed by atoms with Gasteiger partial charge in [-0.1, -0.05) is 0 Å². The highest BCUT2D eigenvalue weighted by molar-refractivity contribution is 6.04. The molecule has 22 heavy (non-hydrogen) atoms. The number of aromatic nitrogens is 4. The third-order valence-electron chi connectivity index (χ3n) is 3.05. The number of nitrogens with one attached hydrogen (secondary N) is 4. The highest BCUT2D eigenvalue weighted by Gasteiger charge is 2.22. The summed E-state index contributed by atoms with van der Waals surface area (Å²) in [7, 11) is 3.23. The van der Waals surface area contributed by atoms with Gasteiger partial charge in [-0.3, -0.25) is 14.3 Å². The number of carbonyl (C=O) groups excluding carboxylic acids is 2. The van der Waals surface area contributed by atoms with Crippen LogP contribution in [0.5, 0.6) is 0 Å². The average molecular weight is 302 g/mol.